The molecule has 2 aromatic rings. The Morgan fingerprint density at radius 3 is 2.75 bits per heavy atom. The summed E-state index contributed by atoms with van der Waals surface area (Å²) in [6, 6.07) is 9.65. The highest BCUT2D eigenvalue weighted by atomic mass is 16.3. The molecule has 1 aliphatic heterocycles. The Kier molecular flexibility index (Phi) is 3.91. The van der Waals surface area contributed by atoms with Crippen molar-refractivity contribution in [1.29, 1.82) is 0 Å². The smallest absolute Gasteiger partial charge is 0.322 e. The first-order valence-electron chi connectivity index (χ1n) is 7.24. The fourth-order valence-electron chi connectivity index (χ4n) is 2.38. The van der Waals surface area contributed by atoms with E-state index in [1.54, 1.807) is 49.4 Å². The SMILES string of the molecule is C[C@@]1(c2cccc(NC(=O)/C=C/c3ccco3)c2)NC(=O)NC1=O. The number of urea groups is 1. The minimum absolute atomic E-state index is 0.339. The molecule has 2 heterocycles. The van der Waals surface area contributed by atoms with Crippen LogP contribution in [0, 0.1) is 0 Å². The summed E-state index contributed by atoms with van der Waals surface area (Å²) < 4.78 is 5.10. The molecule has 1 saturated heterocycles. The van der Waals surface area contributed by atoms with Crippen molar-refractivity contribution in [3.05, 3.63) is 60.1 Å². The van der Waals surface area contributed by atoms with Gasteiger partial charge in [-0.15, -0.1) is 0 Å². The lowest BCUT2D eigenvalue weighted by Gasteiger charge is -2.21. The van der Waals surface area contributed by atoms with E-state index in [1.165, 1.54) is 12.3 Å². The van der Waals surface area contributed by atoms with Gasteiger partial charge in [-0.2, -0.15) is 0 Å². The van der Waals surface area contributed by atoms with Crippen molar-refractivity contribution in [1.82, 2.24) is 10.6 Å². The molecule has 7 nitrogen and oxygen atoms in total. The molecule has 0 saturated carbocycles. The first-order valence-corrected chi connectivity index (χ1v) is 7.24. The Labute approximate surface area is 137 Å². The van der Waals surface area contributed by atoms with E-state index >= 15 is 0 Å². The zero-order valence-corrected chi connectivity index (χ0v) is 12.8. The number of anilines is 1. The molecule has 1 aromatic carbocycles. The Morgan fingerprint density at radius 1 is 1.25 bits per heavy atom. The van der Waals surface area contributed by atoms with E-state index in [0.717, 1.165) is 0 Å². The van der Waals surface area contributed by atoms with Gasteiger partial charge in [0, 0.05) is 11.8 Å². The molecular formula is C17H15N3O4. The Morgan fingerprint density at radius 2 is 2.08 bits per heavy atom. The fourth-order valence-corrected chi connectivity index (χ4v) is 2.38. The Bertz CT molecular complexity index is 826. The molecule has 122 valence electrons. The highest BCUT2D eigenvalue weighted by Gasteiger charge is 2.43. The molecule has 0 aliphatic carbocycles. The number of carbonyl (C=O) groups excluding carboxylic acids is 3. The van der Waals surface area contributed by atoms with E-state index in [4.69, 9.17) is 4.42 Å². The summed E-state index contributed by atoms with van der Waals surface area (Å²) in [5.74, 6) is -0.209. The van der Waals surface area contributed by atoms with Crippen molar-refractivity contribution in [3.8, 4) is 0 Å². The van der Waals surface area contributed by atoms with Crippen LogP contribution >= 0.6 is 0 Å². The zero-order chi connectivity index (χ0) is 17.2. The maximum absolute atomic E-state index is 12.0. The van der Waals surface area contributed by atoms with E-state index in [1.807, 2.05) is 0 Å². The van der Waals surface area contributed by atoms with E-state index < -0.39 is 17.5 Å². The summed E-state index contributed by atoms with van der Waals surface area (Å²) in [5, 5.41) is 7.49. The third-order valence-electron chi connectivity index (χ3n) is 3.69. The highest BCUT2D eigenvalue weighted by Crippen LogP contribution is 2.26. The zero-order valence-electron chi connectivity index (χ0n) is 12.8. The average molecular weight is 325 g/mol. The Hall–Kier alpha value is -3.35. The van der Waals surface area contributed by atoms with Gasteiger partial charge in [-0.1, -0.05) is 12.1 Å². The van der Waals surface area contributed by atoms with Crippen molar-refractivity contribution in [2.45, 2.75) is 12.5 Å². The van der Waals surface area contributed by atoms with Gasteiger partial charge in [0.25, 0.3) is 5.91 Å². The van der Waals surface area contributed by atoms with Gasteiger partial charge in [0.05, 0.1) is 6.26 Å². The number of carbonyl (C=O) groups is 3. The predicted molar refractivity (Wildman–Crippen MR) is 86.8 cm³/mol. The molecule has 3 rings (SSSR count). The molecule has 0 bridgehead atoms. The molecule has 0 unspecified atom stereocenters. The van der Waals surface area contributed by atoms with Gasteiger partial charge in [0.15, 0.2) is 0 Å². The second-order valence-electron chi connectivity index (χ2n) is 5.45. The standard InChI is InChI=1S/C17H15N3O4/c1-17(15(22)19-16(23)20-17)11-4-2-5-12(10-11)18-14(21)8-7-13-6-3-9-24-13/h2-10H,1H3,(H,18,21)(H2,19,20,22,23)/b8-7+/t17-/m0/s1. The van der Waals surface area contributed by atoms with Crippen LogP contribution in [0.1, 0.15) is 18.2 Å². The number of amides is 4. The summed E-state index contributed by atoms with van der Waals surface area (Å²) in [5.41, 5.74) is -0.0857. The van der Waals surface area contributed by atoms with Gasteiger partial charge in [-0.3, -0.25) is 14.9 Å². The monoisotopic (exact) mass is 325 g/mol. The number of furan rings is 1. The number of rotatable bonds is 4. The van der Waals surface area contributed by atoms with Crippen LogP contribution in [0.2, 0.25) is 0 Å². The van der Waals surface area contributed by atoms with Crippen LogP contribution in [0.15, 0.2) is 53.2 Å². The van der Waals surface area contributed by atoms with Crippen molar-refractivity contribution in [3.63, 3.8) is 0 Å². The van der Waals surface area contributed by atoms with Gasteiger partial charge in [0.1, 0.15) is 11.3 Å². The third-order valence-corrected chi connectivity index (χ3v) is 3.69. The minimum atomic E-state index is -1.16. The topological polar surface area (TPSA) is 100 Å². The molecule has 4 amide bonds. The highest BCUT2D eigenvalue weighted by molar-refractivity contribution is 6.07. The summed E-state index contributed by atoms with van der Waals surface area (Å²) in [6.45, 7) is 1.60. The lowest BCUT2D eigenvalue weighted by molar-refractivity contribution is -0.123. The summed E-state index contributed by atoms with van der Waals surface area (Å²) in [7, 11) is 0. The van der Waals surface area contributed by atoms with Crippen molar-refractivity contribution in [2.75, 3.05) is 5.32 Å². The molecule has 0 spiro atoms. The quantitative estimate of drug-likeness (QED) is 0.591. The van der Waals surface area contributed by atoms with E-state index in [2.05, 4.69) is 16.0 Å². The van der Waals surface area contributed by atoms with Crippen LogP contribution in [-0.4, -0.2) is 17.8 Å². The first-order chi connectivity index (χ1) is 11.5. The molecule has 1 aromatic heterocycles. The molecule has 1 fully saturated rings. The van der Waals surface area contributed by atoms with E-state index in [9.17, 15) is 14.4 Å². The Balaban J connectivity index is 1.75. The molecule has 1 atom stereocenters. The lowest BCUT2D eigenvalue weighted by atomic mass is 9.92. The maximum Gasteiger partial charge on any atom is 0.322 e. The first kappa shape index (κ1) is 15.5. The van der Waals surface area contributed by atoms with Gasteiger partial charge in [-0.25, -0.2) is 4.79 Å². The second-order valence-corrected chi connectivity index (χ2v) is 5.45. The predicted octanol–water partition coefficient (Wildman–Crippen LogP) is 1.99. The van der Waals surface area contributed by atoms with Gasteiger partial charge >= 0.3 is 6.03 Å². The average Bonchev–Trinajstić information content (AvgIpc) is 3.14. The number of imide groups is 1. The fraction of sp³-hybridized carbons (Fsp3) is 0.118. The summed E-state index contributed by atoms with van der Waals surface area (Å²) in [6.07, 6.45) is 4.41. The van der Waals surface area contributed by atoms with E-state index in [0.29, 0.717) is 17.0 Å². The molecule has 1 aliphatic rings. The third kappa shape index (κ3) is 3.05. The van der Waals surface area contributed by atoms with Gasteiger partial charge in [0.2, 0.25) is 5.91 Å². The second kappa shape index (κ2) is 6.04. The largest absolute Gasteiger partial charge is 0.465 e. The molecule has 7 heteroatoms. The number of hydrogen-bond donors (Lipinski definition) is 3. The van der Waals surface area contributed by atoms with Crippen molar-refractivity contribution < 1.29 is 18.8 Å². The van der Waals surface area contributed by atoms with Crippen LogP contribution in [0.5, 0.6) is 0 Å². The normalized spacial score (nSPS) is 20.0. The van der Waals surface area contributed by atoms with Gasteiger partial charge in [-0.05, 0) is 42.8 Å². The molecular weight excluding hydrogens is 310 g/mol. The number of hydrogen-bond acceptors (Lipinski definition) is 4. The molecule has 0 radical (unpaired) electrons. The summed E-state index contributed by atoms with van der Waals surface area (Å²) >= 11 is 0. The molecule has 3 N–H and O–H groups in total. The van der Waals surface area contributed by atoms with Crippen LogP contribution in [0.3, 0.4) is 0 Å². The maximum atomic E-state index is 12.0. The van der Waals surface area contributed by atoms with Crippen LogP contribution in [0.25, 0.3) is 6.08 Å². The van der Waals surface area contributed by atoms with Crippen molar-refractivity contribution in [2.24, 2.45) is 0 Å². The van der Waals surface area contributed by atoms with Crippen LogP contribution < -0.4 is 16.0 Å². The molecule has 24 heavy (non-hydrogen) atoms. The van der Waals surface area contributed by atoms with Crippen LogP contribution in [0.4, 0.5) is 10.5 Å². The van der Waals surface area contributed by atoms with Crippen LogP contribution in [-0.2, 0) is 15.1 Å². The summed E-state index contributed by atoms with van der Waals surface area (Å²) in [4.78, 5) is 35.3. The van der Waals surface area contributed by atoms with E-state index in [-0.39, 0.29) is 5.91 Å². The van der Waals surface area contributed by atoms with Gasteiger partial charge < -0.3 is 15.1 Å². The number of benzene rings is 1. The lowest BCUT2D eigenvalue weighted by Crippen LogP contribution is -2.40. The van der Waals surface area contributed by atoms with Crippen molar-refractivity contribution >= 4 is 29.6 Å². The minimum Gasteiger partial charge on any atom is -0.465 e. The number of nitrogens with one attached hydrogen (secondary N) is 3.